The SMILES string of the molecule is CCN(CC(=O)c1cccc(Cl)c1)CC(C)(C)O. The van der Waals surface area contributed by atoms with Crippen molar-refractivity contribution in [3.8, 4) is 0 Å². The molecule has 0 saturated heterocycles. The first-order valence-electron chi connectivity index (χ1n) is 6.05. The Balaban J connectivity index is 2.68. The molecule has 1 aromatic carbocycles. The van der Waals surface area contributed by atoms with Crippen LogP contribution in [0.4, 0.5) is 0 Å². The molecule has 0 aliphatic heterocycles. The molecule has 18 heavy (non-hydrogen) atoms. The van der Waals surface area contributed by atoms with E-state index in [9.17, 15) is 9.90 Å². The molecule has 0 amide bonds. The van der Waals surface area contributed by atoms with E-state index < -0.39 is 5.60 Å². The molecule has 0 aromatic heterocycles. The molecule has 4 heteroatoms. The zero-order valence-electron chi connectivity index (χ0n) is 11.1. The molecule has 0 unspecified atom stereocenters. The molecular formula is C14H20ClNO2. The van der Waals surface area contributed by atoms with Crippen molar-refractivity contribution in [3.05, 3.63) is 34.9 Å². The van der Waals surface area contributed by atoms with E-state index in [1.54, 1.807) is 38.1 Å². The quantitative estimate of drug-likeness (QED) is 0.807. The van der Waals surface area contributed by atoms with Gasteiger partial charge in [-0.25, -0.2) is 0 Å². The van der Waals surface area contributed by atoms with Gasteiger partial charge in [0, 0.05) is 17.1 Å². The lowest BCUT2D eigenvalue weighted by atomic mass is 10.1. The highest BCUT2D eigenvalue weighted by Gasteiger charge is 2.19. The van der Waals surface area contributed by atoms with Crippen LogP contribution in [-0.2, 0) is 0 Å². The minimum atomic E-state index is -0.801. The van der Waals surface area contributed by atoms with Crippen LogP contribution in [0.3, 0.4) is 0 Å². The monoisotopic (exact) mass is 269 g/mol. The highest BCUT2D eigenvalue weighted by atomic mass is 35.5. The number of hydrogen-bond donors (Lipinski definition) is 1. The third-order valence-corrected chi connectivity index (χ3v) is 2.81. The van der Waals surface area contributed by atoms with Crippen LogP contribution in [-0.4, -0.2) is 41.0 Å². The lowest BCUT2D eigenvalue weighted by Crippen LogP contribution is -2.41. The third-order valence-electron chi connectivity index (χ3n) is 2.57. The lowest BCUT2D eigenvalue weighted by molar-refractivity contribution is 0.0376. The molecule has 100 valence electrons. The second-order valence-corrected chi connectivity index (χ2v) is 5.49. The first-order valence-corrected chi connectivity index (χ1v) is 6.43. The van der Waals surface area contributed by atoms with Gasteiger partial charge in [0.25, 0.3) is 0 Å². The van der Waals surface area contributed by atoms with Crippen LogP contribution in [0.25, 0.3) is 0 Å². The molecule has 0 aliphatic rings. The van der Waals surface area contributed by atoms with Crippen LogP contribution in [0, 0.1) is 0 Å². The molecule has 1 rings (SSSR count). The highest BCUT2D eigenvalue weighted by Crippen LogP contribution is 2.12. The van der Waals surface area contributed by atoms with Crippen LogP contribution in [0.1, 0.15) is 31.1 Å². The van der Waals surface area contributed by atoms with E-state index in [0.717, 1.165) is 6.54 Å². The predicted octanol–water partition coefficient (Wildman–Crippen LogP) is 2.62. The van der Waals surface area contributed by atoms with Crippen LogP contribution < -0.4 is 0 Å². The van der Waals surface area contributed by atoms with Gasteiger partial charge in [0.05, 0.1) is 12.1 Å². The summed E-state index contributed by atoms with van der Waals surface area (Å²) in [4.78, 5) is 14.0. The lowest BCUT2D eigenvalue weighted by Gasteiger charge is -2.27. The van der Waals surface area contributed by atoms with Crippen LogP contribution in [0.2, 0.25) is 5.02 Å². The Hall–Kier alpha value is -0.900. The molecule has 3 nitrogen and oxygen atoms in total. The van der Waals surface area contributed by atoms with Crippen molar-refractivity contribution in [3.63, 3.8) is 0 Å². The molecule has 0 heterocycles. The zero-order valence-corrected chi connectivity index (χ0v) is 11.9. The Morgan fingerprint density at radius 3 is 2.61 bits per heavy atom. The number of aliphatic hydroxyl groups is 1. The predicted molar refractivity (Wildman–Crippen MR) is 74.2 cm³/mol. The van der Waals surface area contributed by atoms with Gasteiger partial charge in [0.15, 0.2) is 5.78 Å². The number of benzene rings is 1. The average molecular weight is 270 g/mol. The first kappa shape index (κ1) is 15.2. The highest BCUT2D eigenvalue weighted by molar-refractivity contribution is 6.31. The third kappa shape index (κ3) is 5.17. The molecule has 0 radical (unpaired) electrons. The summed E-state index contributed by atoms with van der Waals surface area (Å²) in [5.41, 5.74) is -0.193. The van der Waals surface area contributed by atoms with Crippen LogP contribution in [0.5, 0.6) is 0 Å². The van der Waals surface area contributed by atoms with Crippen molar-refractivity contribution in [2.24, 2.45) is 0 Å². The summed E-state index contributed by atoms with van der Waals surface area (Å²) in [6, 6.07) is 6.93. The number of carbonyl (C=O) groups is 1. The van der Waals surface area contributed by atoms with Gasteiger partial charge < -0.3 is 5.11 Å². The maximum atomic E-state index is 12.1. The van der Waals surface area contributed by atoms with E-state index in [1.165, 1.54) is 0 Å². The Morgan fingerprint density at radius 2 is 2.11 bits per heavy atom. The standard InChI is InChI=1S/C14H20ClNO2/c1-4-16(10-14(2,3)18)9-13(17)11-6-5-7-12(15)8-11/h5-8,18H,4,9-10H2,1-3H3. The maximum Gasteiger partial charge on any atom is 0.176 e. The normalized spacial score (nSPS) is 11.9. The van der Waals surface area contributed by atoms with Gasteiger partial charge in [-0.1, -0.05) is 30.7 Å². The van der Waals surface area contributed by atoms with Crippen molar-refractivity contribution in [2.75, 3.05) is 19.6 Å². The summed E-state index contributed by atoms with van der Waals surface area (Å²) in [5, 5.41) is 10.3. The number of ketones is 1. The van der Waals surface area contributed by atoms with Crippen LogP contribution >= 0.6 is 11.6 Å². The minimum Gasteiger partial charge on any atom is -0.389 e. The second-order valence-electron chi connectivity index (χ2n) is 5.05. The van der Waals surface area contributed by atoms with E-state index in [1.807, 2.05) is 11.8 Å². The van der Waals surface area contributed by atoms with Crippen molar-refractivity contribution < 1.29 is 9.90 Å². The molecule has 1 N–H and O–H groups in total. The van der Waals surface area contributed by atoms with E-state index >= 15 is 0 Å². The van der Waals surface area contributed by atoms with Gasteiger partial charge in [-0.2, -0.15) is 0 Å². The molecule has 0 aliphatic carbocycles. The van der Waals surface area contributed by atoms with E-state index in [0.29, 0.717) is 23.7 Å². The first-order chi connectivity index (χ1) is 8.31. The van der Waals surface area contributed by atoms with E-state index in [4.69, 9.17) is 11.6 Å². The average Bonchev–Trinajstić information content (AvgIpc) is 2.26. The molecule has 0 atom stereocenters. The summed E-state index contributed by atoms with van der Waals surface area (Å²) in [5.74, 6) is 0.0172. The largest absolute Gasteiger partial charge is 0.389 e. The summed E-state index contributed by atoms with van der Waals surface area (Å²) < 4.78 is 0. The Morgan fingerprint density at radius 1 is 1.44 bits per heavy atom. The smallest absolute Gasteiger partial charge is 0.176 e. The van der Waals surface area contributed by atoms with Crippen LogP contribution in [0.15, 0.2) is 24.3 Å². The Labute approximate surface area is 113 Å². The fourth-order valence-electron chi connectivity index (χ4n) is 1.78. The van der Waals surface area contributed by atoms with Gasteiger partial charge in [-0.15, -0.1) is 0 Å². The number of halogens is 1. The van der Waals surface area contributed by atoms with Crippen molar-refractivity contribution >= 4 is 17.4 Å². The van der Waals surface area contributed by atoms with Crippen molar-refractivity contribution in [1.82, 2.24) is 4.90 Å². The summed E-state index contributed by atoms with van der Waals surface area (Å²) in [6.07, 6.45) is 0. The number of carbonyl (C=O) groups excluding carboxylic acids is 1. The van der Waals surface area contributed by atoms with Gasteiger partial charge >= 0.3 is 0 Å². The zero-order chi connectivity index (χ0) is 13.8. The number of Topliss-reactive ketones (excluding diaryl/α,β-unsaturated/α-hetero) is 1. The Bertz CT molecular complexity index is 413. The molecular weight excluding hydrogens is 250 g/mol. The van der Waals surface area contributed by atoms with Gasteiger partial charge in [0.1, 0.15) is 0 Å². The maximum absolute atomic E-state index is 12.1. The van der Waals surface area contributed by atoms with Crippen molar-refractivity contribution in [1.29, 1.82) is 0 Å². The molecule has 1 aromatic rings. The van der Waals surface area contributed by atoms with Gasteiger partial charge in [-0.3, -0.25) is 9.69 Å². The van der Waals surface area contributed by atoms with E-state index in [-0.39, 0.29) is 5.78 Å². The molecule has 0 fully saturated rings. The van der Waals surface area contributed by atoms with Gasteiger partial charge in [0.2, 0.25) is 0 Å². The molecule has 0 bridgehead atoms. The summed E-state index contributed by atoms with van der Waals surface area (Å²) in [7, 11) is 0. The fraction of sp³-hybridized carbons (Fsp3) is 0.500. The van der Waals surface area contributed by atoms with E-state index in [2.05, 4.69) is 0 Å². The number of nitrogens with zero attached hydrogens (tertiary/aromatic N) is 1. The minimum absolute atomic E-state index is 0.0172. The molecule has 0 spiro atoms. The molecule has 0 saturated carbocycles. The van der Waals surface area contributed by atoms with Crippen molar-refractivity contribution in [2.45, 2.75) is 26.4 Å². The van der Waals surface area contributed by atoms with Gasteiger partial charge in [-0.05, 0) is 32.5 Å². The Kier molecular flexibility index (Phi) is 5.32. The number of rotatable bonds is 6. The fourth-order valence-corrected chi connectivity index (χ4v) is 1.97. The topological polar surface area (TPSA) is 40.5 Å². The second kappa shape index (κ2) is 6.32. The summed E-state index contributed by atoms with van der Waals surface area (Å²) in [6.45, 7) is 6.92. The number of likely N-dealkylation sites (N-methyl/N-ethyl adjacent to an activating group) is 1. The summed E-state index contributed by atoms with van der Waals surface area (Å²) >= 11 is 5.86. The number of hydrogen-bond acceptors (Lipinski definition) is 3.